The van der Waals surface area contributed by atoms with Crippen LogP contribution in [-0.4, -0.2) is 30.8 Å². The molecule has 0 aromatic carbocycles. The summed E-state index contributed by atoms with van der Waals surface area (Å²) in [6.45, 7) is 7.61. The maximum Gasteiger partial charge on any atom is 0.504 e. The molecule has 92 valence electrons. The highest BCUT2D eigenvalue weighted by molar-refractivity contribution is 9.39. The van der Waals surface area contributed by atoms with Crippen LogP contribution >= 0.6 is 47.8 Å². The minimum Gasteiger partial charge on any atom is -0.374 e. The zero-order chi connectivity index (χ0) is 11.9. The lowest BCUT2D eigenvalue weighted by atomic mass is 10.9. The van der Waals surface area contributed by atoms with E-state index >= 15 is 0 Å². The van der Waals surface area contributed by atoms with Crippen molar-refractivity contribution in [3.05, 3.63) is 0 Å². The molecule has 0 spiro atoms. The maximum absolute atomic E-state index is 5.69. The van der Waals surface area contributed by atoms with Gasteiger partial charge in [0.05, 0.1) is 6.04 Å². The fourth-order valence-corrected chi connectivity index (χ4v) is 6.64. The van der Waals surface area contributed by atoms with Gasteiger partial charge < -0.3 is 13.3 Å². The van der Waals surface area contributed by atoms with Crippen molar-refractivity contribution in [2.75, 3.05) is 19.8 Å². The Labute approximate surface area is 118 Å². The minimum atomic E-state index is -2.57. The average molecular weight is 429 g/mol. The normalized spacial score (nSPS) is 13.2. The van der Waals surface area contributed by atoms with E-state index in [1.54, 1.807) is 0 Å². The molecule has 0 aromatic rings. The molecule has 0 aliphatic rings. The Morgan fingerprint density at radius 2 is 1.20 bits per heavy atom. The van der Waals surface area contributed by atoms with Crippen LogP contribution in [0.25, 0.3) is 0 Å². The quantitative estimate of drug-likeness (QED) is 0.455. The zero-order valence-electron chi connectivity index (χ0n) is 9.19. The smallest absolute Gasteiger partial charge is 0.374 e. The molecule has 0 fully saturated rings. The van der Waals surface area contributed by atoms with Gasteiger partial charge in [-0.2, -0.15) is 0 Å². The van der Waals surface area contributed by atoms with E-state index in [1.165, 1.54) is 0 Å². The zero-order valence-corrected chi connectivity index (χ0v) is 14.9. The third-order valence-electron chi connectivity index (χ3n) is 1.51. The van der Waals surface area contributed by atoms with Crippen molar-refractivity contribution < 1.29 is 13.3 Å². The van der Waals surface area contributed by atoms with E-state index in [-0.39, 0.29) is 0 Å². The van der Waals surface area contributed by atoms with Gasteiger partial charge in [0.25, 0.3) is 0 Å². The second-order valence-electron chi connectivity index (χ2n) is 2.77. The van der Waals surface area contributed by atoms with Crippen LogP contribution in [0.15, 0.2) is 0 Å². The van der Waals surface area contributed by atoms with Crippen LogP contribution < -0.4 is 0 Å². The highest BCUT2D eigenvalue weighted by atomic mass is 80.0. The molecule has 0 aromatic heterocycles. The molecule has 0 rings (SSSR count). The van der Waals surface area contributed by atoms with Gasteiger partial charge >= 0.3 is 8.80 Å². The van der Waals surface area contributed by atoms with Crippen molar-refractivity contribution in [2.24, 2.45) is 0 Å². The molecule has 0 N–H and O–H groups in total. The van der Waals surface area contributed by atoms with E-state index < -0.39 is 10.9 Å². The lowest BCUT2D eigenvalue weighted by Crippen LogP contribution is -2.48. The maximum atomic E-state index is 5.69. The molecular formula is C8H17Br3O3Si. The molecule has 0 unspecified atom stereocenters. The van der Waals surface area contributed by atoms with Gasteiger partial charge in [-0.25, -0.2) is 0 Å². The van der Waals surface area contributed by atoms with E-state index in [1.807, 2.05) is 20.8 Å². The second-order valence-corrected chi connectivity index (χ2v) is 12.6. The van der Waals surface area contributed by atoms with Crippen molar-refractivity contribution in [3.63, 3.8) is 0 Å². The van der Waals surface area contributed by atoms with Gasteiger partial charge in [0.15, 0.2) is 0 Å². The molecule has 0 aliphatic heterocycles. The topological polar surface area (TPSA) is 27.7 Å². The fraction of sp³-hybridized carbons (Fsp3) is 1.00. The molecule has 0 amide bonds. The van der Waals surface area contributed by atoms with Gasteiger partial charge in [-0.15, -0.1) is 0 Å². The Balaban J connectivity index is 4.60. The minimum absolute atomic E-state index is 0.390. The van der Waals surface area contributed by atoms with Crippen LogP contribution in [0, 0.1) is 0 Å². The summed E-state index contributed by atoms with van der Waals surface area (Å²) in [5, 5.41) is 0. The lowest BCUT2D eigenvalue weighted by molar-refractivity contribution is 0.0723. The average Bonchev–Trinajstić information content (AvgIpc) is 2.01. The Hall–Kier alpha value is 1.54. The van der Waals surface area contributed by atoms with Crippen LogP contribution in [0.4, 0.5) is 0 Å². The highest BCUT2D eigenvalue weighted by Gasteiger charge is 2.46. The predicted octanol–water partition coefficient (Wildman–Crippen LogP) is 3.87. The fourth-order valence-electron chi connectivity index (χ4n) is 1.18. The summed E-state index contributed by atoms with van der Waals surface area (Å²) in [6.07, 6.45) is 0. The molecule has 15 heavy (non-hydrogen) atoms. The number of hydrogen-bond donors (Lipinski definition) is 0. The summed E-state index contributed by atoms with van der Waals surface area (Å²) >= 11 is 10.4. The molecule has 0 atom stereocenters. The largest absolute Gasteiger partial charge is 0.504 e. The molecule has 7 heteroatoms. The number of halogens is 3. The summed E-state index contributed by atoms with van der Waals surface area (Å²) in [5.74, 6) is 0. The summed E-state index contributed by atoms with van der Waals surface area (Å²) in [7, 11) is -2.57. The third kappa shape index (κ3) is 7.46. The van der Waals surface area contributed by atoms with Crippen LogP contribution in [0.3, 0.4) is 0 Å². The molecule has 0 saturated carbocycles. The van der Waals surface area contributed by atoms with E-state index in [0.29, 0.717) is 25.9 Å². The van der Waals surface area contributed by atoms with Gasteiger partial charge in [-0.05, 0) is 20.8 Å². The van der Waals surface area contributed by atoms with Gasteiger partial charge in [-0.3, -0.25) is 0 Å². The van der Waals surface area contributed by atoms with Crippen molar-refractivity contribution in [1.29, 1.82) is 0 Å². The standard InChI is InChI=1S/C8H17Br3O3Si/c1-4-12-15(13-5-2,14-6-3)7-8(9,10)11/h4-7H2,1-3H3. The molecule has 0 radical (unpaired) electrons. The highest BCUT2D eigenvalue weighted by Crippen LogP contribution is 2.42. The van der Waals surface area contributed by atoms with Gasteiger partial charge in [0.1, 0.15) is 2.14 Å². The SMILES string of the molecule is CCO[Si](CC(Br)(Br)Br)(OCC)OCC. The molecular weight excluding hydrogens is 412 g/mol. The first kappa shape index (κ1) is 16.5. The van der Waals surface area contributed by atoms with E-state index in [9.17, 15) is 0 Å². The molecule has 3 nitrogen and oxygen atoms in total. The summed E-state index contributed by atoms with van der Waals surface area (Å²) in [5.41, 5.74) is 0. The Bertz CT molecular complexity index is 158. The number of hydrogen-bond acceptors (Lipinski definition) is 3. The van der Waals surface area contributed by atoms with Gasteiger partial charge in [0, 0.05) is 19.8 Å². The molecule has 0 bridgehead atoms. The van der Waals surface area contributed by atoms with Crippen LogP contribution in [0.5, 0.6) is 0 Å². The Kier molecular flexibility index (Phi) is 8.58. The Morgan fingerprint density at radius 1 is 0.867 bits per heavy atom. The summed E-state index contributed by atoms with van der Waals surface area (Å²) in [6, 6.07) is 0.621. The first-order chi connectivity index (χ1) is 6.89. The Morgan fingerprint density at radius 3 is 1.40 bits per heavy atom. The number of alkyl halides is 3. The van der Waals surface area contributed by atoms with E-state index in [2.05, 4.69) is 47.8 Å². The lowest BCUT2D eigenvalue weighted by Gasteiger charge is -2.31. The monoisotopic (exact) mass is 426 g/mol. The first-order valence-corrected chi connectivity index (χ1v) is 9.18. The summed E-state index contributed by atoms with van der Waals surface area (Å²) in [4.78, 5) is 0. The van der Waals surface area contributed by atoms with Crippen molar-refractivity contribution >= 4 is 56.6 Å². The van der Waals surface area contributed by atoms with Crippen molar-refractivity contribution in [1.82, 2.24) is 0 Å². The third-order valence-corrected chi connectivity index (χ3v) is 7.05. The van der Waals surface area contributed by atoms with E-state index in [4.69, 9.17) is 13.3 Å². The van der Waals surface area contributed by atoms with Crippen LogP contribution in [0.2, 0.25) is 6.04 Å². The van der Waals surface area contributed by atoms with Gasteiger partial charge in [-0.1, -0.05) is 47.8 Å². The predicted molar refractivity (Wildman–Crippen MR) is 75.0 cm³/mol. The van der Waals surface area contributed by atoms with E-state index in [0.717, 1.165) is 0 Å². The second kappa shape index (κ2) is 7.78. The number of rotatable bonds is 7. The first-order valence-electron chi connectivity index (χ1n) is 4.87. The van der Waals surface area contributed by atoms with Crippen molar-refractivity contribution in [2.45, 2.75) is 29.0 Å². The summed E-state index contributed by atoms with van der Waals surface area (Å²) < 4.78 is 16.7. The van der Waals surface area contributed by atoms with Gasteiger partial charge in [0.2, 0.25) is 0 Å². The van der Waals surface area contributed by atoms with Crippen LogP contribution in [0.1, 0.15) is 20.8 Å². The molecule has 0 saturated heterocycles. The molecule has 0 heterocycles. The van der Waals surface area contributed by atoms with Crippen LogP contribution in [-0.2, 0) is 13.3 Å². The molecule has 0 aliphatic carbocycles. The van der Waals surface area contributed by atoms with Crippen molar-refractivity contribution in [3.8, 4) is 0 Å².